The summed E-state index contributed by atoms with van der Waals surface area (Å²) < 4.78 is 5.39. The van der Waals surface area contributed by atoms with Crippen molar-refractivity contribution in [3.05, 3.63) is 57.8 Å². The number of piperidine rings is 1. The number of hydrogen-bond donors (Lipinski definition) is 2. The van der Waals surface area contributed by atoms with Gasteiger partial charge in [-0.3, -0.25) is 14.5 Å². The molecular formula is C24H28N4O4. The van der Waals surface area contributed by atoms with E-state index < -0.39 is 11.3 Å². The number of aromatic hydroxyl groups is 1. The van der Waals surface area contributed by atoms with Crippen LogP contribution in [0.4, 0.5) is 0 Å². The number of rotatable bonds is 4. The van der Waals surface area contributed by atoms with Crippen molar-refractivity contribution < 1.29 is 14.6 Å². The Hall–Kier alpha value is -3.15. The molecule has 2 N–H and O–H groups in total. The van der Waals surface area contributed by atoms with Gasteiger partial charge in [-0.05, 0) is 30.5 Å². The molecule has 0 spiro atoms. The average Bonchev–Trinajstić information content (AvgIpc) is 2.82. The summed E-state index contributed by atoms with van der Waals surface area (Å²) in [4.78, 5) is 34.3. The number of carbonyl (C=O) groups excluding carboxylic acids is 1. The molecule has 4 rings (SSSR count). The molecule has 3 heterocycles. The number of benzene rings is 1. The van der Waals surface area contributed by atoms with Crippen LogP contribution >= 0.6 is 0 Å². The highest BCUT2D eigenvalue weighted by Crippen LogP contribution is 2.18. The van der Waals surface area contributed by atoms with Crippen molar-refractivity contribution in [2.75, 3.05) is 39.4 Å². The Morgan fingerprint density at radius 2 is 1.88 bits per heavy atom. The van der Waals surface area contributed by atoms with Gasteiger partial charge in [0.25, 0.3) is 5.56 Å². The third kappa shape index (κ3) is 5.75. The van der Waals surface area contributed by atoms with Crippen molar-refractivity contribution in [2.45, 2.75) is 25.8 Å². The lowest BCUT2D eigenvalue weighted by atomic mass is 9.96. The summed E-state index contributed by atoms with van der Waals surface area (Å²) in [5.41, 5.74) is 1.76. The monoisotopic (exact) mass is 436 g/mol. The van der Waals surface area contributed by atoms with Crippen LogP contribution in [0, 0.1) is 17.8 Å². The van der Waals surface area contributed by atoms with E-state index in [1.165, 1.54) is 11.9 Å². The molecule has 1 amide bonds. The van der Waals surface area contributed by atoms with Gasteiger partial charge in [-0.15, -0.1) is 0 Å². The molecule has 2 aliphatic rings. The van der Waals surface area contributed by atoms with E-state index in [1.54, 1.807) is 4.90 Å². The van der Waals surface area contributed by atoms with Crippen LogP contribution in [0.1, 0.15) is 29.7 Å². The molecule has 1 aromatic heterocycles. The maximum atomic E-state index is 12.5. The standard InChI is InChI=1S/C24H28N4O4/c29-22(15-21-23(30)24(31)26-17-25-21)28-9-7-19(8-10-28)2-1-18-3-5-20(6-4-18)16-27-11-13-32-14-12-27/h3-6,17,19,30H,7-16H2,(H,25,26,31). The van der Waals surface area contributed by atoms with Crippen LogP contribution in [-0.2, 0) is 22.5 Å². The minimum Gasteiger partial charge on any atom is -0.502 e. The Morgan fingerprint density at radius 1 is 1.16 bits per heavy atom. The lowest BCUT2D eigenvalue weighted by Crippen LogP contribution is -2.39. The number of nitrogens with zero attached hydrogens (tertiary/aromatic N) is 3. The molecular weight excluding hydrogens is 408 g/mol. The second-order valence-electron chi connectivity index (χ2n) is 8.21. The van der Waals surface area contributed by atoms with E-state index in [-0.39, 0.29) is 23.9 Å². The van der Waals surface area contributed by atoms with E-state index in [9.17, 15) is 14.7 Å². The predicted molar refractivity (Wildman–Crippen MR) is 119 cm³/mol. The van der Waals surface area contributed by atoms with Crippen molar-refractivity contribution in [3.63, 3.8) is 0 Å². The zero-order chi connectivity index (χ0) is 22.3. The summed E-state index contributed by atoms with van der Waals surface area (Å²) in [6.45, 7) is 5.72. The maximum Gasteiger partial charge on any atom is 0.293 e. The van der Waals surface area contributed by atoms with Crippen molar-refractivity contribution >= 4 is 5.91 Å². The minimum absolute atomic E-state index is 0.0805. The second-order valence-corrected chi connectivity index (χ2v) is 8.21. The van der Waals surface area contributed by atoms with Gasteiger partial charge in [0.1, 0.15) is 0 Å². The Labute approximate surface area is 187 Å². The lowest BCUT2D eigenvalue weighted by Gasteiger charge is -2.29. The molecule has 2 saturated heterocycles. The minimum atomic E-state index is -0.633. The summed E-state index contributed by atoms with van der Waals surface area (Å²) in [6.07, 6.45) is 2.73. The zero-order valence-electron chi connectivity index (χ0n) is 18.0. The van der Waals surface area contributed by atoms with Gasteiger partial charge in [-0.2, -0.15) is 0 Å². The van der Waals surface area contributed by atoms with E-state index in [0.29, 0.717) is 13.1 Å². The molecule has 168 valence electrons. The van der Waals surface area contributed by atoms with Crippen LogP contribution in [0.25, 0.3) is 0 Å². The van der Waals surface area contributed by atoms with Crippen LogP contribution in [0.2, 0.25) is 0 Å². The Kier molecular flexibility index (Phi) is 7.20. The second kappa shape index (κ2) is 10.4. The SMILES string of the molecule is O=C(Cc1nc[nH]c(=O)c1O)N1CCC(C#Cc2ccc(CN3CCOCC3)cc2)CC1. The van der Waals surface area contributed by atoms with Gasteiger partial charge >= 0.3 is 0 Å². The molecule has 8 nitrogen and oxygen atoms in total. The predicted octanol–water partition coefficient (Wildman–Crippen LogP) is 1.14. The molecule has 2 aliphatic heterocycles. The average molecular weight is 437 g/mol. The van der Waals surface area contributed by atoms with Gasteiger partial charge in [0.2, 0.25) is 11.7 Å². The first kappa shape index (κ1) is 22.1. The van der Waals surface area contributed by atoms with E-state index >= 15 is 0 Å². The number of amides is 1. The first-order valence-corrected chi connectivity index (χ1v) is 11.0. The Morgan fingerprint density at radius 3 is 2.59 bits per heavy atom. The maximum absolute atomic E-state index is 12.5. The highest BCUT2D eigenvalue weighted by Gasteiger charge is 2.23. The summed E-state index contributed by atoms with van der Waals surface area (Å²) >= 11 is 0. The topological polar surface area (TPSA) is 98.8 Å². The van der Waals surface area contributed by atoms with E-state index in [0.717, 1.165) is 51.3 Å². The van der Waals surface area contributed by atoms with E-state index in [2.05, 4.69) is 51.0 Å². The molecule has 0 radical (unpaired) electrons. The number of H-pyrrole nitrogens is 1. The highest BCUT2D eigenvalue weighted by atomic mass is 16.5. The molecule has 8 heteroatoms. The molecule has 0 aliphatic carbocycles. The summed E-state index contributed by atoms with van der Waals surface area (Å²) in [7, 11) is 0. The van der Waals surface area contributed by atoms with Gasteiger partial charge in [-0.25, -0.2) is 4.98 Å². The number of hydrogen-bond acceptors (Lipinski definition) is 6. The molecule has 0 bridgehead atoms. The number of ether oxygens (including phenoxy) is 1. The van der Waals surface area contributed by atoms with Crippen LogP contribution in [-0.4, -0.2) is 70.2 Å². The van der Waals surface area contributed by atoms with Crippen LogP contribution in [0.5, 0.6) is 5.75 Å². The van der Waals surface area contributed by atoms with Gasteiger partial charge < -0.3 is 19.7 Å². The third-order valence-corrected chi connectivity index (χ3v) is 5.96. The summed E-state index contributed by atoms with van der Waals surface area (Å²) in [6, 6.07) is 8.42. The molecule has 32 heavy (non-hydrogen) atoms. The first-order chi connectivity index (χ1) is 15.6. The van der Waals surface area contributed by atoms with Crippen molar-refractivity contribution in [1.29, 1.82) is 0 Å². The molecule has 2 aromatic rings. The van der Waals surface area contributed by atoms with Crippen molar-refractivity contribution in [3.8, 4) is 17.6 Å². The fourth-order valence-corrected chi connectivity index (χ4v) is 3.98. The number of morpholine rings is 1. The van der Waals surface area contributed by atoms with Crippen LogP contribution in [0.3, 0.4) is 0 Å². The summed E-state index contributed by atoms with van der Waals surface area (Å²) in [5.74, 6) is 6.25. The van der Waals surface area contributed by atoms with Gasteiger partial charge in [-0.1, -0.05) is 24.0 Å². The molecule has 0 atom stereocenters. The molecule has 2 fully saturated rings. The van der Waals surface area contributed by atoms with E-state index in [1.807, 2.05) is 0 Å². The molecule has 0 saturated carbocycles. The fraction of sp³-hybridized carbons (Fsp3) is 0.458. The Balaban J connectivity index is 1.25. The van der Waals surface area contributed by atoms with E-state index in [4.69, 9.17) is 4.74 Å². The number of carbonyl (C=O) groups is 1. The third-order valence-electron chi connectivity index (χ3n) is 5.96. The number of aromatic nitrogens is 2. The summed E-state index contributed by atoms with van der Waals surface area (Å²) in [5, 5.41) is 9.76. The quantitative estimate of drug-likeness (QED) is 0.698. The number of nitrogens with one attached hydrogen (secondary N) is 1. The van der Waals surface area contributed by atoms with Crippen LogP contribution < -0.4 is 5.56 Å². The van der Waals surface area contributed by atoms with Gasteiger partial charge in [0.15, 0.2) is 0 Å². The lowest BCUT2D eigenvalue weighted by molar-refractivity contribution is -0.131. The highest BCUT2D eigenvalue weighted by molar-refractivity contribution is 5.79. The van der Waals surface area contributed by atoms with Gasteiger partial charge in [0.05, 0.1) is 31.7 Å². The molecule has 1 aromatic carbocycles. The largest absolute Gasteiger partial charge is 0.502 e. The first-order valence-electron chi connectivity index (χ1n) is 11.0. The smallest absolute Gasteiger partial charge is 0.293 e. The number of likely N-dealkylation sites (tertiary alicyclic amines) is 1. The fourth-order valence-electron chi connectivity index (χ4n) is 3.98. The van der Waals surface area contributed by atoms with Gasteiger partial charge in [0, 0.05) is 44.2 Å². The zero-order valence-corrected chi connectivity index (χ0v) is 18.0. The number of aromatic amines is 1. The van der Waals surface area contributed by atoms with Crippen molar-refractivity contribution in [1.82, 2.24) is 19.8 Å². The molecule has 0 unspecified atom stereocenters. The Bertz CT molecular complexity index is 1040. The van der Waals surface area contributed by atoms with Crippen LogP contribution in [0.15, 0.2) is 35.4 Å². The normalized spacial score (nSPS) is 17.6. The van der Waals surface area contributed by atoms with Crippen molar-refractivity contribution in [2.24, 2.45) is 5.92 Å².